The van der Waals surface area contributed by atoms with Gasteiger partial charge in [0.15, 0.2) is 5.65 Å². The summed E-state index contributed by atoms with van der Waals surface area (Å²) in [6, 6.07) is 5.65. The third kappa shape index (κ3) is 1.20. The molecule has 0 unspecified atom stereocenters. The normalized spacial score (nSPS) is 10.5. The standard InChI is InChI=1S/C9H9N3O/c1-7-10-11-9-4-2-3-8(5-6-13)12(7)9/h2-4,6H,5H2,1H3. The smallest absolute Gasteiger partial charge is 0.160 e. The molecule has 0 spiro atoms. The highest BCUT2D eigenvalue weighted by atomic mass is 16.1. The van der Waals surface area contributed by atoms with E-state index in [4.69, 9.17) is 0 Å². The molecule has 2 aromatic heterocycles. The van der Waals surface area contributed by atoms with Gasteiger partial charge in [-0.1, -0.05) is 6.07 Å². The molecule has 0 aliphatic rings. The lowest BCUT2D eigenvalue weighted by atomic mass is 10.3. The maximum absolute atomic E-state index is 10.4. The van der Waals surface area contributed by atoms with Crippen molar-refractivity contribution in [3.8, 4) is 0 Å². The average Bonchev–Trinajstić information content (AvgIpc) is 2.50. The molecule has 0 aliphatic carbocycles. The van der Waals surface area contributed by atoms with Crippen molar-refractivity contribution < 1.29 is 4.79 Å². The lowest BCUT2D eigenvalue weighted by molar-refractivity contribution is -0.107. The molecule has 2 aromatic rings. The van der Waals surface area contributed by atoms with Crippen LogP contribution in [0, 0.1) is 6.92 Å². The van der Waals surface area contributed by atoms with Gasteiger partial charge < -0.3 is 4.79 Å². The predicted molar refractivity (Wildman–Crippen MR) is 47.5 cm³/mol. The second-order valence-corrected chi connectivity index (χ2v) is 2.83. The van der Waals surface area contributed by atoms with Crippen molar-refractivity contribution in [1.29, 1.82) is 0 Å². The molecular formula is C9H9N3O. The highest BCUT2D eigenvalue weighted by Gasteiger charge is 2.03. The van der Waals surface area contributed by atoms with Gasteiger partial charge in [-0.2, -0.15) is 0 Å². The molecule has 13 heavy (non-hydrogen) atoms. The number of aldehydes is 1. The molecule has 0 radical (unpaired) electrons. The van der Waals surface area contributed by atoms with E-state index in [9.17, 15) is 4.79 Å². The number of aryl methyl sites for hydroxylation is 1. The summed E-state index contributed by atoms with van der Waals surface area (Å²) in [4.78, 5) is 10.4. The summed E-state index contributed by atoms with van der Waals surface area (Å²) in [5.74, 6) is 0.812. The van der Waals surface area contributed by atoms with E-state index < -0.39 is 0 Å². The Labute approximate surface area is 75.2 Å². The van der Waals surface area contributed by atoms with E-state index in [0.29, 0.717) is 6.42 Å². The minimum absolute atomic E-state index is 0.399. The topological polar surface area (TPSA) is 47.3 Å². The molecule has 0 N–H and O–H groups in total. The maximum Gasteiger partial charge on any atom is 0.160 e. The summed E-state index contributed by atoms with van der Waals surface area (Å²) < 4.78 is 1.88. The zero-order valence-corrected chi connectivity index (χ0v) is 7.27. The van der Waals surface area contributed by atoms with Crippen LogP contribution in [0.3, 0.4) is 0 Å². The van der Waals surface area contributed by atoms with Crippen molar-refractivity contribution in [2.75, 3.05) is 0 Å². The third-order valence-corrected chi connectivity index (χ3v) is 1.96. The summed E-state index contributed by atoms with van der Waals surface area (Å²) in [6.07, 6.45) is 1.28. The van der Waals surface area contributed by atoms with Gasteiger partial charge in [-0.05, 0) is 19.1 Å². The summed E-state index contributed by atoms with van der Waals surface area (Å²) in [5, 5.41) is 7.89. The Morgan fingerprint density at radius 3 is 3.08 bits per heavy atom. The lowest BCUT2D eigenvalue weighted by Crippen LogP contribution is -1.98. The van der Waals surface area contributed by atoms with E-state index in [1.807, 2.05) is 29.5 Å². The molecule has 0 saturated heterocycles. The van der Waals surface area contributed by atoms with Crippen molar-refractivity contribution in [1.82, 2.24) is 14.6 Å². The Balaban J connectivity index is 2.72. The first kappa shape index (κ1) is 7.91. The number of hydrogen-bond acceptors (Lipinski definition) is 3. The minimum Gasteiger partial charge on any atom is -0.303 e. The van der Waals surface area contributed by atoms with E-state index in [0.717, 1.165) is 23.5 Å². The predicted octanol–water partition coefficient (Wildman–Crippen LogP) is 0.779. The second-order valence-electron chi connectivity index (χ2n) is 2.83. The fourth-order valence-corrected chi connectivity index (χ4v) is 1.41. The van der Waals surface area contributed by atoms with Crippen LogP contribution in [0.4, 0.5) is 0 Å². The van der Waals surface area contributed by atoms with Crippen LogP contribution >= 0.6 is 0 Å². The minimum atomic E-state index is 0.399. The molecule has 2 rings (SSSR count). The number of carbonyl (C=O) groups is 1. The van der Waals surface area contributed by atoms with Gasteiger partial charge in [0.05, 0.1) is 0 Å². The largest absolute Gasteiger partial charge is 0.303 e. The van der Waals surface area contributed by atoms with Crippen LogP contribution in [0.15, 0.2) is 18.2 Å². The first-order valence-corrected chi connectivity index (χ1v) is 4.06. The highest BCUT2D eigenvalue weighted by molar-refractivity contribution is 5.55. The Hall–Kier alpha value is -1.71. The van der Waals surface area contributed by atoms with Crippen LogP contribution in [0.2, 0.25) is 0 Å². The molecule has 0 aliphatic heterocycles. The summed E-state index contributed by atoms with van der Waals surface area (Å²) >= 11 is 0. The fourth-order valence-electron chi connectivity index (χ4n) is 1.41. The molecule has 4 nitrogen and oxygen atoms in total. The summed E-state index contributed by atoms with van der Waals surface area (Å²) in [7, 11) is 0. The number of rotatable bonds is 2. The monoisotopic (exact) mass is 175 g/mol. The van der Waals surface area contributed by atoms with Gasteiger partial charge in [-0.3, -0.25) is 4.40 Å². The number of pyridine rings is 1. The number of nitrogens with zero attached hydrogens (tertiary/aromatic N) is 3. The Morgan fingerprint density at radius 1 is 1.46 bits per heavy atom. The van der Waals surface area contributed by atoms with Crippen LogP contribution < -0.4 is 0 Å². The summed E-state index contributed by atoms with van der Waals surface area (Å²) in [6.45, 7) is 1.87. The molecule has 0 saturated carbocycles. The second kappa shape index (κ2) is 2.97. The molecule has 0 atom stereocenters. The van der Waals surface area contributed by atoms with E-state index >= 15 is 0 Å². The van der Waals surface area contributed by atoms with Crippen molar-refractivity contribution in [3.05, 3.63) is 29.7 Å². The van der Waals surface area contributed by atoms with Crippen molar-refractivity contribution in [3.63, 3.8) is 0 Å². The van der Waals surface area contributed by atoms with Crippen molar-refractivity contribution >= 4 is 11.9 Å². The van der Waals surface area contributed by atoms with Gasteiger partial charge >= 0.3 is 0 Å². The molecule has 66 valence electrons. The zero-order chi connectivity index (χ0) is 9.26. The van der Waals surface area contributed by atoms with Gasteiger partial charge in [0.25, 0.3) is 0 Å². The number of aromatic nitrogens is 3. The van der Waals surface area contributed by atoms with Crippen LogP contribution in [0.1, 0.15) is 11.5 Å². The van der Waals surface area contributed by atoms with Gasteiger partial charge in [0, 0.05) is 12.1 Å². The number of fused-ring (bicyclic) bond motifs is 1. The molecular weight excluding hydrogens is 166 g/mol. The van der Waals surface area contributed by atoms with Crippen LogP contribution in [0.25, 0.3) is 5.65 Å². The zero-order valence-electron chi connectivity index (χ0n) is 7.27. The number of carbonyl (C=O) groups excluding carboxylic acids is 1. The van der Waals surface area contributed by atoms with Crippen molar-refractivity contribution in [2.24, 2.45) is 0 Å². The van der Waals surface area contributed by atoms with Crippen LogP contribution in [-0.2, 0) is 11.2 Å². The molecule has 4 heteroatoms. The fraction of sp³-hybridized carbons (Fsp3) is 0.222. The van der Waals surface area contributed by atoms with Crippen LogP contribution in [0.5, 0.6) is 0 Å². The Morgan fingerprint density at radius 2 is 2.31 bits per heavy atom. The van der Waals surface area contributed by atoms with Gasteiger partial charge in [0.2, 0.25) is 0 Å². The quantitative estimate of drug-likeness (QED) is 0.633. The maximum atomic E-state index is 10.4. The first-order chi connectivity index (χ1) is 6.33. The average molecular weight is 175 g/mol. The summed E-state index contributed by atoms with van der Waals surface area (Å²) in [5.41, 5.74) is 1.71. The Kier molecular flexibility index (Phi) is 1.81. The SMILES string of the molecule is Cc1nnc2cccc(CC=O)n12. The lowest BCUT2D eigenvalue weighted by Gasteiger charge is -2.00. The molecule has 0 amide bonds. The number of hydrogen-bond donors (Lipinski definition) is 0. The Bertz CT molecular complexity index is 447. The molecule has 0 bridgehead atoms. The van der Waals surface area contributed by atoms with E-state index in [2.05, 4.69) is 10.2 Å². The van der Waals surface area contributed by atoms with E-state index in [-0.39, 0.29) is 0 Å². The van der Waals surface area contributed by atoms with Gasteiger partial charge in [0.1, 0.15) is 12.1 Å². The third-order valence-electron chi connectivity index (χ3n) is 1.96. The first-order valence-electron chi connectivity index (χ1n) is 4.06. The highest BCUT2D eigenvalue weighted by Crippen LogP contribution is 2.07. The van der Waals surface area contributed by atoms with Crippen LogP contribution in [-0.4, -0.2) is 20.9 Å². The molecule has 0 fully saturated rings. The van der Waals surface area contributed by atoms with E-state index in [1.54, 1.807) is 0 Å². The van der Waals surface area contributed by atoms with Gasteiger partial charge in [-0.25, -0.2) is 0 Å². The van der Waals surface area contributed by atoms with Gasteiger partial charge in [-0.15, -0.1) is 10.2 Å². The molecule has 0 aromatic carbocycles. The molecule has 2 heterocycles. The van der Waals surface area contributed by atoms with Crippen molar-refractivity contribution in [2.45, 2.75) is 13.3 Å². The van der Waals surface area contributed by atoms with E-state index in [1.165, 1.54) is 0 Å².